The molecule has 0 radical (unpaired) electrons. The van der Waals surface area contributed by atoms with Crippen LogP contribution in [0.4, 0.5) is 26.3 Å². The second kappa shape index (κ2) is 5.82. The van der Waals surface area contributed by atoms with Gasteiger partial charge in [-0.2, -0.15) is 26.3 Å². The van der Waals surface area contributed by atoms with Crippen LogP contribution in [0.5, 0.6) is 5.75 Å². The lowest BCUT2D eigenvalue weighted by Gasteiger charge is -2.21. The fraction of sp³-hybridized carbons (Fsp3) is 0.417. The van der Waals surface area contributed by atoms with Gasteiger partial charge in [0.25, 0.3) is 0 Å². The Morgan fingerprint density at radius 1 is 1.14 bits per heavy atom. The largest absolute Gasteiger partial charge is 0.481 e. The molecule has 1 rings (SSSR count). The van der Waals surface area contributed by atoms with Crippen molar-refractivity contribution >= 4 is 5.97 Å². The van der Waals surface area contributed by atoms with Gasteiger partial charge in [-0.05, 0) is 25.1 Å². The number of halogens is 6. The number of ether oxygens (including phenoxy) is 2. The molecule has 21 heavy (non-hydrogen) atoms. The van der Waals surface area contributed by atoms with Gasteiger partial charge in [0.05, 0.1) is 18.2 Å². The van der Waals surface area contributed by atoms with Crippen molar-refractivity contribution in [2.45, 2.75) is 25.4 Å². The third-order valence-corrected chi connectivity index (χ3v) is 2.47. The Morgan fingerprint density at radius 2 is 1.71 bits per heavy atom. The fourth-order valence-corrected chi connectivity index (χ4v) is 1.36. The molecule has 1 aromatic carbocycles. The van der Waals surface area contributed by atoms with Crippen LogP contribution < -0.4 is 4.74 Å². The number of benzene rings is 1. The third-order valence-electron chi connectivity index (χ3n) is 2.47. The van der Waals surface area contributed by atoms with Crippen LogP contribution in [0.3, 0.4) is 0 Å². The van der Waals surface area contributed by atoms with E-state index < -0.39 is 35.7 Å². The predicted octanol–water partition coefficient (Wildman–Crippen LogP) is 3.82. The van der Waals surface area contributed by atoms with Gasteiger partial charge in [0.15, 0.2) is 6.10 Å². The zero-order chi connectivity index (χ0) is 16.4. The monoisotopic (exact) mass is 316 g/mol. The van der Waals surface area contributed by atoms with Gasteiger partial charge in [0.2, 0.25) is 0 Å². The van der Waals surface area contributed by atoms with Gasteiger partial charge in [-0.15, -0.1) is 0 Å². The second-order valence-electron chi connectivity index (χ2n) is 4.00. The fourth-order valence-electron chi connectivity index (χ4n) is 1.36. The number of esters is 1. The van der Waals surface area contributed by atoms with Crippen LogP contribution in [0, 0.1) is 0 Å². The highest BCUT2D eigenvalue weighted by Gasteiger charge is 2.41. The lowest BCUT2D eigenvalue weighted by molar-refractivity contribution is -0.191. The Bertz CT molecular complexity index is 521. The summed E-state index contributed by atoms with van der Waals surface area (Å²) in [5, 5.41) is 0. The summed E-state index contributed by atoms with van der Waals surface area (Å²) in [5.74, 6) is -2.08. The first-order chi connectivity index (χ1) is 9.46. The maximum absolute atomic E-state index is 12.7. The van der Waals surface area contributed by atoms with Gasteiger partial charge < -0.3 is 9.47 Å². The lowest BCUT2D eigenvalue weighted by atomic mass is 10.1. The molecule has 0 aliphatic heterocycles. The SMILES string of the molecule is COC(=O)c1ccc(C(F)(F)F)c(O[C@@H](C)C(F)(F)F)c1. The second-order valence-corrected chi connectivity index (χ2v) is 4.00. The van der Waals surface area contributed by atoms with Crippen LogP contribution in [-0.2, 0) is 10.9 Å². The van der Waals surface area contributed by atoms with Crippen LogP contribution in [0.1, 0.15) is 22.8 Å². The zero-order valence-electron chi connectivity index (χ0n) is 10.8. The number of hydrogen-bond donors (Lipinski definition) is 0. The van der Waals surface area contributed by atoms with Crippen LogP contribution in [0.25, 0.3) is 0 Å². The summed E-state index contributed by atoms with van der Waals surface area (Å²) >= 11 is 0. The van der Waals surface area contributed by atoms with E-state index in [4.69, 9.17) is 0 Å². The van der Waals surface area contributed by atoms with Crippen molar-refractivity contribution in [3.63, 3.8) is 0 Å². The van der Waals surface area contributed by atoms with E-state index in [1.807, 2.05) is 0 Å². The number of methoxy groups -OCH3 is 1. The first-order valence-electron chi connectivity index (χ1n) is 5.49. The average Bonchev–Trinajstić information content (AvgIpc) is 2.35. The first kappa shape index (κ1) is 17.1. The topological polar surface area (TPSA) is 35.5 Å². The minimum absolute atomic E-state index is 0.352. The highest BCUT2D eigenvalue weighted by molar-refractivity contribution is 5.90. The van der Waals surface area contributed by atoms with Gasteiger partial charge in [0.1, 0.15) is 5.75 Å². The quantitative estimate of drug-likeness (QED) is 0.628. The van der Waals surface area contributed by atoms with Gasteiger partial charge in [-0.3, -0.25) is 0 Å². The van der Waals surface area contributed by atoms with Crippen molar-refractivity contribution in [1.29, 1.82) is 0 Å². The molecule has 0 fully saturated rings. The molecule has 0 aromatic heterocycles. The molecule has 0 unspecified atom stereocenters. The standard InChI is InChI=1S/C12H10F6O3/c1-6(11(13,14)15)21-9-5-7(10(19)20-2)3-4-8(9)12(16,17)18/h3-6H,1-2H3/t6-/m0/s1. The van der Waals surface area contributed by atoms with Crippen molar-refractivity contribution in [2.24, 2.45) is 0 Å². The molecule has 0 saturated heterocycles. The summed E-state index contributed by atoms with van der Waals surface area (Å²) in [6, 6.07) is 1.82. The Morgan fingerprint density at radius 3 is 2.14 bits per heavy atom. The average molecular weight is 316 g/mol. The van der Waals surface area contributed by atoms with Gasteiger partial charge >= 0.3 is 18.3 Å². The molecule has 0 bridgehead atoms. The van der Waals surface area contributed by atoms with E-state index >= 15 is 0 Å². The van der Waals surface area contributed by atoms with E-state index in [9.17, 15) is 31.1 Å². The number of carbonyl (C=O) groups is 1. The van der Waals surface area contributed by atoms with Crippen molar-refractivity contribution in [3.05, 3.63) is 29.3 Å². The Hall–Kier alpha value is -1.93. The van der Waals surface area contributed by atoms with Crippen molar-refractivity contribution in [2.75, 3.05) is 7.11 Å². The highest BCUT2D eigenvalue weighted by atomic mass is 19.4. The summed E-state index contributed by atoms with van der Waals surface area (Å²) < 4.78 is 84.0. The normalized spacial score (nSPS) is 13.7. The van der Waals surface area contributed by atoms with E-state index in [1.165, 1.54) is 0 Å². The third kappa shape index (κ3) is 4.27. The molecular weight excluding hydrogens is 306 g/mol. The molecule has 9 heteroatoms. The molecule has 0 saturated carbocycles. The molecule has 0 amide bonds. The van der Waals surface area contributed by atoms with Gasteiger partial charge in [-0.25, -0.2) is 4.79 Å². The molecule has 118 valence electrons. The molecule has 3 nitrogen and oxygen atoms in total. The van der Waals surface area contributed by atoms with E-state index in [-0.39, 0.29) is 5.56 Å². The van der Waals surface area contributed by atoms with Crippen LogP contribution in [0.15, 0.2) is 18.2 Å². The first-order valence-corrected chi connectivity index (χ1v) is 5.49. The summed E-state index contributed by atoms with van der Waals surface area (Å²) in [6.07, 6.45) is -12.2. The van der Waals surface area contributed by atoms with Crippen LogP contribution in [-0.4, -0.2) is 25.4 Å². The molecule has 1 atom stereocenters. The van der Waals surface area contributed by atoms with E-state index in [2.05, 4.69) is 9.47 Å². The minimum atomic E-state index is -4.92. The molecule has 0 N–H and O–H groups in total. The Labute approximate surface area is 115 Å². The van der Waals surface area contributed by atoms with Crippen LogP contribution >= 0.6 is 0 Å². The number of carbonyl (C=O) groups excluding carboxylic acids is 1. The van der Waals surface area contributed by atoms with Crippen molar-refractivity contribution in [1.82, 2.24) is 0 Å². The maximum Gasteiger partial charge on any atom is 0.425 e. The summed E-state index contributed by atoms with van der Waals surface area (Å²) in [4.78, 5) is 11.2. The van der Waals surface area contributed by atoms with E-state index in [1.54, 1.807) is 0 Å². The Balaban J connectivity index is 3.27. The number of alkyl halides is 6. The van der Waals surface area contributed by atoms with Gasteiger partial charge in [-0.1, -0.05) is 0 Å². The molecule has 0 spiro atoms. The molecule has 0 aliphatic rings. The molecule has 1 aromatic rings. The highest BCUT2D eigenvalue weighted by Crippen LogP contribution is 2.38. The summed E-state index contributed by atoms with van der Waals surface area (Å²) in [6.45, 7) is 0.560. The van der Waals surface area contributed by atoms with E-state index in [0.717, 1.165) is 13.2 Å². The van der Waals surface area contributed by atoms with E-state index in [0.29, 0.717) is 19.1 Å². The lowest BCUT2D eigenvalue weighted by Crippen LogP contribution is -2.32. The molecular formula is C12H10F6O3. The number of hydrogen-bond acceptors (Lipinski definition) is 3. The molecule has 0 aliphatic carbocycles. The van der Waals surface area contributed by atoms with Gasteiger partial charge in [0, 0.05) is 0 Å². The Kier molecular flexibility index (Phi) is 4.75. The summed E-state index contributed by atoms with van der Waals surface area (Å²) in [5.41, 5.74) is -1.76. The maximum atomic E-state index is 12.7. The summed E-state index contributed by atoms with van der Waals surface area (Å²) in [7, 11) is 0.985. The van der Waals surface area contributed by atoms with Crippen molar-refractivity contribution < 1.29 is 40.6 Å². The zero-order valence-corrected chi connectivity index (χ0v) is 10.8. The number of rotatable bonds is 3. The smallest absolute Gasteiger partial charge is 0.425 e. The van der Waals surface area contributed by atoms with Crippen LogP contribution in [0.2, 0.25) is 0 Å². The molecule has 0 heterocycles. The minimum Gasteiger partial charge on any atom is -0.481 e. The predicted molar refractivity (Wildman–Crippen MR) is 58.9 cm³/mol. The van der Waals surface area contributed by atoms with Crippen molar-refractivity contribution in [3.8, 4) is 5.75 Å².